The Labute approximate surface area is 316 Å². The van der Waals surface area contributed by atoms with Gasteiger partial charge in [0.05, 0.1) is 23.1 Å². The van der Waals surface area contributed by atoms with Gasteiger partial charge in [0.25, 0.3) is 0 Å². The third-order valence-corrected chi connectivity index (χ3v) is 11.8. The molecule has 2 aliphatic carbocycles. The molecule has 0 aromatic heterocycles. The first-order valence-electron chi connectivity index (χ1n) is 18.6. The molecule has 7 aromatic carbocycles. The number of aliphatic imine (C=N–C) groups is 1. The van der Waals surface area contributed by atoms with Gasteiger partial charge in [-0.1, -0.05) is 166 Å². The molecular weight excluding hydrogens is 655 g/mol. The highest BCUT2D eigenvalue weighted by molar-refractivity contribution is 6.05. The van der Waals surface area contributed by atoms with Crippen LogP contribution in [-0.2, 0) is 10.8 Å². The van der Waals surface area contributed by atoms with Crippen molar-refractivity contribution in [3.8, 4) is 28.3 Å². The number of nitriles is 1. The number of benzene rings is 7. The Morgan fingerprint density at radius 2 is 1.11 bits per heavy atom. The van der Waals surface area contributed by atoms with Crippen LogP contribution in [0.4, 0.5) is 0 Å². The third-order valence-electron chi connectivity index (χ3n) is 11.8. The molecule has 0 bridgehead atoms. The van der Waals surface area contributed by atoms with Crippen molar-refractivity contribution in [1.82, 2.24) is 5.32 Å². The van der Waals surface area contributed by atoms with E-state index < -0.39 is 5.41 Å². The van der Waals surface area contributed by atoms with Gasteiger partial charge in [0, 0.05) is 16.7 Å². The molecule has 0 saturated carbocycles. The summed E-state index contributed by atoms with van der Waals surface area (Å²) in [6, 6.07) is 63.1. The monoisotopic (exact) mass is 691 g/mol. The van der Waals surface area contributed by atoms with Crippen LogP contribution in [0.5, 0.6) is 0 Å². The number of hydrogen-bond donors (Lipinski definition) is 1. The zero-order valence-electron chi connectivity index (χ0n) is 30.2. The molecule has 0 saturated heterocycles. The van der Waals surface area contributed by atoms with Crippen LogP contribution in [-0.4, -0.2) is 5.84 Å². The van der Waals surface area contributed by atoms with Crippen molar-refractivity contribution in [2.45, 2.75) is 30.7 Å². The molecule has 1 aliphatic heterocycles. The van der Waals surface area contributed by atoms with Gasteiger partial charge >= 0.3 is 0 Å². The topological polar surface area (TPSA) is 48.2 Å². The Kier molecular flexibility index (Phi) is 7.19. The summed E-state index contributed by atoms with van der Waals surface area (Å²) in [6.45, 7) is 4.73. The molecule has 1 atom stereocenters. The van der Waals surface area contributed by atoms with Crippen LogP contribution in [0.1, 0.15) is 75.5 Å². The van der Waals surface area contributed by atoms with Crippen molar-refractivity contribution >= 4 is 11.5 Å². The van der Waals surface area contributed by atoms with E-state index in [0.29, 0.717) is 5.56 Å². The Morgan fingerprint density at radius 1 is 0.519 bits per heavy atom. The summed E-state index contributed by atoms with van der Waals surface area (Å²) in [5, 5.41) is 13.2. The van der Waals surface area contributed by atoms with Crippen molar-refractivity contribution < 1.29 is 0 Å². The van der Waals surface area contributed by atoms with E-state index in [1.165, 1.54) is 50.1 Å². The van der Waals surface area contributed by atoms with Crippen LogP contribution in [0.2, 0.25) is 0 Å². The molecule has 1 unspecified atom stereocenters. The Bertz CT molecular complexity index is 2680. The number of nitrogens with one attached hydrogen (secondary N) is 1. The molecule has 7 aromatic rings. The summed E-state index contributed by atoms with van der Waals surface area (Å²) in [5.74, 6) is 0.803. The summed E-state index contributed by atoms with van der Waals surface area (Å²) < 4.78 is 0. The standard InChI is InChI=1S/C51H37N3/c1-50(2)43-19-8-10-21-45(43)51(46-22-11-9-20-44(46)50)41-18-7-6-17-39(41)40-30-37(27-28-42(40)51)34-23-25-36(26-24-34)49-53-47(35-14-4-3-5-15-35)31-48(54-49)38-16-12-13-33(29-38)32-52/h3-31,48H,1-2H3,(H,53,54). The molecule has 1 N–H and O–H groups in total. The Hall–Kier alpha value is -6.76. The molecular formula is C51H37N3. The number of rotatable bonds is 4. The van der Waals surface area contributed by atoms with Crippen LogP contribution >= 0.6 is 0 Å². The maximum Gasteiger partial charge on any atom is 0.133 e. The summed E-state index contributed by atoms with van der Waals surface area (Å²) in [4.78, 5) is 5.16. The van der Waals surface area contributed by atoms with E-state index in [2.05, 4.69) is 159 Å². The third kappa shape index (κ3) is 4.70. The summed E-state index contributed by atoms with van der Waals surface area (Å²) >= 11 is 0. The fourth-order valence-electron chi connectivity index (χ4n) is 9.30. The molecule has 1 spiro atoms. The van der Waals surface area contributed by atoms with Crippen molar-refractivity contribution in [3.05, 3.63) is 232 Å². The smallest absolute Gasteiger partial charge is 0.133 e. The van der Waals surface area contributed by atoms with Gasteiger partial charge in [0.15, 0.2) is 0 Å². The van der Waals surface area contributed by atoms with Gasteiger partial charge in [0.2, 0.25) is 0 Å². The highest BCUT2D eigenvalue weighted by Gasteiger charge is 2.53. The van der Waals surface area contributed by atoms with Gasteiger partial charge < -0.3 is 5.32 Å². The molecule has 3 heteroatoms. The van der Waals surface area contributed by atoms with Crippen LogP contribution < -0.4 is 5.32 Å². The van der Waals surface area contributed by atoms with Crippen LogP contribution in [0.25, 0.3) is 28.0 Å². The quantitative estimate of drug-likeness (QED) is 0.200. The first-order valence-corrected chi connectivity index (χ1v) is 18.6. The lowest BCUT2D eigenvalue weighted by atomic mass is 9.55. The summed E-state index contributed by atoms with van der Waals surface area (Å²) in [5.41, 5.74) is 17.3. The number of fused-ring (bicyclic) bond motifs is 9. The molecule has 0 fully saturated rings. The van der Waals surface area contributed by atoms with E-state index in [9.17, 15) is 5.26 Å². The Morgan fingerprint density at radius 3 is 1.81 bits per heavy atom. The summed E-state index contributed by atoms with van der Waals surface area (Å²) in [6.07, 6.45) is 2.14. The van der Waals surface area contributed by atoms with E-state index in [0.717, 1.165) is 33.8 Å². The first-order chi connectivity index (χ1) is 26.5. The van der Waals surface area contributed by atoms with Gasteiger partial charge in [-0.15, -0.1) is 0 Å². The average molecular weight is 692 g/mol. The zero-order valence-corrected chi connectivity index (χ0v) is 30.2. The van der Waals surface area contributed by atoms with Crippen LogP contribution in [0.15, 0.2) is 181 Å². The Balaban J connectivity index is 1.06. The van der Waals surface area contributed by atoms with Crippen molar-refractivity contribution in [2.75, 3.05) is 0 Å². The maximum atomic E-state index is 9.59. The molecule has 1 heterocycles. The number of hydrogen-bond acceptors (Lipinski definition) is 3. The van der Waals surface area contributed by atoms with E-state index in [4.69, 9.17) is 4.99 Å². The highest BCUT2D eigenvalue weighted by Crippen LogP contribution is 2.62. The second-order valence-electron chi connectivity index (χ2n) is 15.1. The van der Waals surface area contributed by atoms with Crippen molar-refractivity contribution in [3.63, 3.8) is 0 Å². The minimum Gasteiger partial charge on any atom is -0.340 e. The molecule has 0 amide bonds. The van der Waals surface area contributed by atoms with E-state index in [1.807, 2.05) is 42.5 Å². The lowest BCUT2D eigenvalue weighted by molar-refractivity contribution is 0.563. The van der Waals surface area contributed by atoms with Gasteiger partial charge in [0.1, 0.15) is 5.84 Å². The second-order valence-corrected chi connectivity index (χ2v) is 15.1. The fraction of sp³-hybridized carbons (Fsp3) is 0.0980. The molecule has 256 valence electrons. The van der Waals surface area contributed by atoms with Crippen molar-refractivity contribution in [1.29, 1.82) is 5.26 Å². The molecule has 3 nitrogen and oxygen atoms in total. The van der Waals surface area contributed by atoms with Gasteiger partial charge in [-0.25, -0.2) is 0 Å². The fourth-order valence-corrected chi connectivity index (χ4v) is 9.30. The average Bonchev–Trinajstić information content (AvgIpc) is 3.53. The van der Waals surface area contributed by atoms with Crippen LogP contribution in [0.3, 0.4) is 0 Å². The van der Waals surface area contributed by atoms with Crippen LogP contribution in [0, 0.1) is 11.3 Å². The predicted molar refractivity (Wildman–Crippen MR) is 219 cm³/mol. The minimum absolute atomic E-state index is 0.117. The normalized spacial score (nSPS) is 16.8. The second kappa shape index (κ2) is 12.2. The highest BCUT2D eigenvalue weighted by atomic mass is 15.0. The molecule has 0 radical (unpaired) electrons. The largest absolute Gasteiger partial charge is 0.340 e. The van der Waals surface area contributed by atoms with E-state index in [-0.39, 0.29) is 11.5 Å². The number of nitrogens with zero attached hydrogens (tertiary/aromatic N) is 2. The lowest BCUT2D eigenvalue weighted by Crippen LogP contribution is -2.40. The first kappa shape index (κ1) is 31.9. The van der Waals surface area contributed by atoms with Gasteiger partial charge in [-0.2, -0.15) is 5.26 Å². The zero-order chi connectivity index (χ0) is 36.4. The van der Waals surface area contributed by atoms with E-state index in [1.54, 1.807) is 0 Å². The van der Waals surface area contributed by atoms with E-state index >= 15 is 0 Å². The summed E-state index contributed by atoms with van der Waals surface area (Å²) in [7, 11) is 0. The number of amidine groups is 1. The SMILES string of the molecule is CC1(C)c2ccccc2C2(c3ccccc3-c3cc(-c4ccc(C5=NC(c6cccc(C#N)c6)C=C(c6ccccc6)N5)cc4)ccc32)c2ccccc21. The van der Waals surface area contributed by atoms with Gasteiger partial charge in [-0.3, -0.25) is 4.99 Å². The molecule has 54 heavy (non-hydrogen) atoms. The lowest BCUT2D eigenvalue weighted by Gasteiger charge is -2.46. The van der Waals surface area contributed by atoms with Crippen molar-refractivity contribution in [2.24, 2.45) is 4.99 Å². The minimum atomic E-state index is -0.394. The molecule has 3 aliphatic rings. The molecule has 10 rings (SSSR count). The maximum absolute atomic E-state index is 9.59. The van der Waals surface area contributed by atoms with Gasteiger partial charge in [-0.05, 0) is 91.0 Å². The predicted octanol–water partition coefficient (Wildman–Crippen LogP) is 11.4.